The van der Waals surface area contributed by atoms with E-state index in [0.717, 1.165) is 0 Å². The van der Waals surface area contributed by atoms with Crippen LogP contribution in [0.5, 0.6) is 0 Å². The lowest BCUT2D eigenvalue weighted by molar-refractivity contribution is 0.972. The summed E-state index contributed by atoms with van der Waals surface area (Å²) in [6.07, 6.45) is 7.90. The first kappa shape index (κ1) is 18.1. The highest BCUT2D eigenvalue weighted by atomic mass is 13.9. The zero-order chi connectivity index (χ0) is 11.1. The fourth-order valence-corrected chi connectivity index (χ4v) is 0.658. The van der Waals surface area contributed by atoms with Crippen LogP contribution in [-0.2, 0) is 0 Å². The molecule has 0 saturated heterocycles. The van der Waals surface area contributed by atoms with Crippen molar-refractivity contribution >= 4 is 0 Å². The molecule has 0 atom stereocenters. The summed E-state index contributed by atoms with van der Waals surface area (Å²) >= 11 is 0. The minimum Gasteiger partial charge on any atom is -0.0991 e. The number of allylic oxidation sites excluding steroid dienone is 4. The molecule has 0 aromatic carbocycles. The van der Waals surface area contributed by atoms with Gasteiger partial charge in [0.25, 0.3) is 0 Å². The van der Waals surface area contributed by atoms with E-state index >= 15 is 0 Å². The van der Waals surface area contributed by atoms with Gasteiger partial charge in [-0.15, -0.1) is 0 Å². The molecule has 0 aliphatic heterocycles. The van der Waals surface area contributed by atoms with Gasteiger partial charge in [-0.2, -0.15) is 0 Å². The van der Waals surface area contributed by atoms with Gasteiger partial charge in [0.05, 0.1) is 0 Å². The van der Waals surface area contributed by atoms with Crippen LogP contribution in [0.1, 0.15) is 47.5 Å². The molecular formula is C13H26. The third-order valence-electron chi connectivity index (χ3n) is 1.48. The number of hydrogen-bond donors (Lipinski definition) is 0. The summed E-state index contributed by atoms with van der Waals surface area (Å²) in [6.45, 7) is 17.2. The Morgan fingerprint density at radius 1 is 1.00 bits per heavy atom. The Balaban J connectivity index is -0.000000142. The van der Waals surface area contributed by atoms with Crippen molar-refractivity contribution in [2.24, 2.45) is 0 Å². The van der Waals surface area contributed by atoms with E-state index in [0.29, 0.717) is 0 Å². The molecule has 0 aromatic rings. The van der Waals surface area contributed by atoms with Gasteiger partial charge in [0.1, 0.15) is 0 Å². The Hall–Kier alpha value is -0.780. The molecule has 0 nitrogen and oxygen atoms in total. The molecule has 0 spiro atoms. The van der Waals surface area contributed by atoms with Gasteiger partial charge in [-0.1, -0.05) is 64.7 Å². The van der Waals surface area contributed by atoms with Gasteiger partial charge in [0, 0.05) is 0 Å². The smallest absolute Gasteiger partial charge is 0.0349 e. The minimum atomic E-state index is 1.22. The predicted molar refractivity (Wildman–Crippen MR) is 66.1 cm³/mol. The van der Waals surface area contributed by atoms with Crippen molar-refractivity contribution in [3.05, 3.63) is 37.0 Å². The second kappa shape index (κ2) is 22.5. The van der Waals surface area contributed by atoms with E-state index in [1.54, 1.807) is 17.7 Å². The summed E-state index contributed by atoms with van der Waals surface area (Å²) in [5, 5.41) is 0. The van der Waals surface area contributed by atoms with E-state index in [1.165, 1.54) is 12.8 Å². The summed E-state index contributed by atoms with van der Waals surface area (Å²) < 4.78 is 0. The molecule has 13 heavy (non-hydrogen) atoms. The molecule has 0 unspecified atom stereocenters. The minimum absolute atomic E-state index is 1.22. The van der Waals surface area contributed by atoms with Gasteiger partial charge in [-0.25, -0.2) is 0 Å². The second-order valence-corrected chi connectivity index (χ2v) is 2.13. The van der Waals surface area contributed by atoms with Crippen LogP contribution in [0.4, 0.5) is 0 Å². The van der Waals surface area contributed by atoms with E-state index in [9.17, 15) is 0 Å². The molecule has 0 saturated carbocycles. The summed E-state index contributed by atoms with van der Waals surface area (Å²) in [5.41, 5.74) is 1.56. The largest absolute Gasteiger partial charge is 0.0991 e. The van der Waals surface area contributed by atoms with Crippen molar-refractivity contribution in [2.45, 2.75) is 47.5 Å². The lowest BCUT2D eigenvalue weighted by Crippen LogP contribution is -1.72. The Morgan fingerprint density at radius 2 is 1.31 bits per heavy atom. The third kappa shape index (κ3) is 24.7. The Kier molecular flexibility index (Phi) is 31.3. The molecule has 0 bridgehead atoms. The first-order chi connectivity index (χ1) is 6.26. The highest BCUT2D eigenvalue weighted by molar-refractivity contribution is 4.97. The molecule has 0 rings (SSSR count). The zero-order valence-corrected chi connectivity index (χ0v) is 10.1. The molecule has 0 N–H and O–H groups in total. The fraction of sp³-hybridized carbons (Fsp3) is 0.538. The van der Waals surface area contributed by atoms with Gasteiger partial charge in [-0.3, -0.25) is 0 Å². The summed E-state index contributed by atoms with van der Waals surface area (Å²) in [7, 11) is 0. The van der Waals surface area contributed by atoms with Gasteiger partial charge in [0.2, 0.25) is 0 Å². The van der Waals surface area contributed by atoms with E-state index < -0.39 is 0 Å². The molecule has 0 heterocycles. The van der Waals surface area contributed by atoms with Gasteiger partial charge in [-0.05, 0) is 19.8 Å². The van der Waals surface area contributed by atoms with Crippen LogP contribution >= 0.6 is 0 Å². The normalized spacial score (nSPS) is 6.54. The first-order valence-corrected chi connectivity index (χ1v) is 5.14. The SMILES string of the molecule is C=CC=C.CC.CC=C(CC)CC. The lowest BCUT2D eigenvalue weighted by atomic mass is 10.1. The van der Waals surface area contributed by atoms with Crippen molar-refractivity contribution in [3.8, 4) is 0 Å². The van der Waals surface area contributed by atoms with Crippen LogP contribution in [0.3, 0.4) is 0 Å². The molecule has 78 valence electrons. The second-order valence-electron chi connectivity index (χ2n) is 2.13. The average Bonchev–Trinajstić information content (AvgIpc) is 2.24. The standard InChI is InChI=1S/C7H14.C4H6.C2H6/c1-4-7(5-2)6-3;1-3-4-2;1-2/h4H,5-6H2,1-3H3;3-4H,1-2H2;1-2H3. The molecule has 0 radical (unpaired) electrons. The van der Waals surface area contributed by atoms with Gasteiger partial charge < -0.3 is 0 Å². The quantitative estimate of drug-likeness (QED) is 0.419. The van der Waals surface area contributed by atoms with E-state index in [2.05, 4.69) is 40.0 Å². The van der Waals surface area contributed by atoms with Gasteiger partial charge in [0.15, 0.2) is 0 Å². The summed E-state index contributed by atoms with van der Waals surface area (Å²) in [5.74, 6) is 0. The molecule has 0 heteroatoms. The van der Waals surface area contributed by atoms with Crippen LogP contribution in [0.25, 0.3) is 0 Å². The predicted octanol–water partition coefficient (Wildman–Crippen LogP) is 5.14. The third-order valence-corrected chi connectivity index (χ3v) is 1.48. The van der Waals surface area contributed by atoms with Crippen LogP contribution in [-0.4, -0.2) is 0 Å². The number of hydrogen-bond acceptors (Lipinski definition) is 0. The lowest BCUT2D eigenvalue weighted by Gasteiger charge is -1.93. The highest BCUT2D eigenvalue weighted by Gasteiger charge is 1.82. The Bertz CT molecular complexity index is 106. The maximum atomic E-state index is 3.36. The highest BCUT2D eigenvalue weighted by Crippen LogP contribution is 2.02. The van der Waals surface area contributed by atoms with Crippen molar-refractivity contribution < 1.29 is 0 Å². The molecular weight excluding hydrogens is 156 g/mol. The van der Waals surface area contributed by atoms with Crippen molar-refractivity contribution in [1.29, 1.82) is 0 Å². The fourth-order valence-electron chi connectivity index (χ4n) is 0.658. The molecule has 0 amide bonds. The van der Waals surface area contributed by atoms with Crippen molar-refractivity contribution in [1.82, 2.24) is 0 Å². The van der Waals surface area contributed by atoms with E-state index in [-0.39, 0.29) is 0 Å². The monoisotopic (exact) mass is 182 g/mol. The van der Waals surface area contributed by atoms with Gasteiger partial charge >= 0.3 is 0 Å². The van der Waals surface area contributed by atoms with Crippen LogP contribution < -0.4 is 0 Å². The number of rotatable bonds is 3. The first-order valence-electron chi connectivity index (χ1n) is 5.14. The average molecular weight is 182 g/mol. The molecule has 0 aliphatic carbocycles. The van der Waals surface area contributed by atoms with Crippen LogP contribution in [0, 0.1) is 0 Å². The van der Waals surface area contributed by atoms with Crippen LogP contribution in [0.15, 0.2) is 37.0 Å². The maximum Gasteiger partial charge on any atom is -0.0349 e. The Labute approximate surface area is 85.1 Å². The molecule has 0 fully saturated rings. The topological polar surface area (TPSA) is 0 Å². The van der Waals surface area contributed by atoms with Crippen molar-refractivity contribution in [2.75, 3.05) is 0 Å². The van der Waals surface area contributed by atoms with Crippen molar-refractivity contribution in [3.63, 3.8) is 0 Å². The van der Waals surface area contributed by atoms with Crippen LogP contribution in [0.2, 0.25) is 0 Å². The Morgan fingerprint density at radius 3 is 1.31 bits per heavy atom. The summed E-state index contributed by atoms with van der Waals surface area (Å²) in [6, 6.07) is 0. The van der Waals surface area contributed by atoms with E-state index in [4.69, 9.17) is 0 Å². The molecule has 0 aliphatic rings. The zero-order valence-electron chi connectivity index (χ0n) is 10.1. The summed E-state index contributed by atoms with van der Waals surface area (Å²) in [4.78, 5) is 0. The maximum absolute atomic E-state index is 3.36. The molecule has 0 aromatic heterocycles. The van der Waals surface area contributed by atoms with E-state index in [1.807, 2.05) is 13.8 Å².